The van der Waals surface area contributed by atoms with Crippen molar-refractivity contribution in [3.63, 3.8) is 0 Å². The van der Waals surface area contributed by atoms with E-state index in [2.05, 4.69) is 22.4 Å². The van der Waals surface area contributed by atoms with E-state index < -0.39 is 5.60 Å². The van der Waals surface area contributed by atoms with Crippen molar-refractivity contribution >= 4 is 0 Å². The smallest absolute Gasteiger partial charge is 0.229 e. The van der Waals surface area contributed by atoms with Crippen LogP contribution in [0.5, 0.6) is 0 Å². The molecule has 0 radical (unpaired) electrons. The van der Waals surface area contributed by atoms with Crippen LogP contribution in [0.1, 0.15) is 44.3 Å². The highest BCUT2D eigenvalue weighted by atomic mass is 16.5. The number of ether oxygens (including phenoxy) is 2. The number of rotatable bonds is 5. The number of hydrogen-bond donors (Lipinski definition) is 1. The fraction of sp³-hybridized carbons (Fsp3) is 0.857. The van der Waals surface area contributed by atoms with Crippen LogP contribution in [-0.4, -0.2) is 43.1 Å². The molecule has 1 atom stereocenters. The normalized spacial score (nSPS) is 24.3. The summed E-state index contributed by atoms with van der Waals surface area (Å²) in [6, 6.07) is 0. The summed E-state index contributed by atoms with van der Waals surface area (Å²) in [4.78, 5) is 4.64. The number of nitrogens with zero attached hydrogens (tertiary/aromatic N) is 2. The Hall–Kier alpha value is -0.980. The maximum Gasteiger partial charge on any atom is 0.229 e. The molecule has 2 aliphatic heterocycles. The summed E-state index contributed by atoms with van der Waals surface area (Å²) in [5, 5.41) is 7.48. The Morgan fingerprint density at radius 1 is 1.40 bits per heavy atom. The Morgan fingerprint density at radius 2 is 2.15 bits per heavy atom. The molecule has 6 heteroatoms. The molecule has 1 N–H and O–H groups in total. The second-order valence-electron chi connectivity index (χ2n) is 5.70. The lowest BCUT2D eigenvalue weighted by Gasteiger charge is -2.34. The van der Waals surface area contributed by atoms with Crippen molar-refractivity contribution in [3.8, 4) is 0 Å². The van der Waals surface area contributed by atoms with Crippen LogP contribution >= 0.6 is 0 Å². The Kier molecular flexibility index (Phi) is 4.05. The van der Waals surface area contributed by atoms with Gasteiger partial charge < -0.3 is 19.3 Å². The van der Waals surface area contributed by atoms with E-state index in [1.165, 1.54) is 0 Å². The van der Waals surface area contributed by atoms with E-state index in [4.69, 9.17) is 14.0 Å². The minimum absolute atomic E-state index is 0.302. The second-order valence-corrected chi connectivity index (χ2v) is 5.70. The van der Waals surface area contributed by atoms with E-state index in [9.17, 15) is 0 Å². The Labute approximate surface area is 119 Å². The van der Waals surface area contributed by atoms with Crippen LogP contribution in [0.25, 0.3) is 0 Å². The fourth-order valence-corrected chi connectivity index (χ4v) is 2.88. The average molecular weight is 281 g/mol. The first-order chi connectivity index (χ1) is 9.75. The summed E-state index contributed by atoms with van der Waals surface area (Å²) in [6.07, 6.45) is 1.58. The molecule has 0 saturated carbocycles. The van der Waals surface area contributed by atoms with Crippen LogP contribution < -0.4 is 5.32 Å². The molecule has 2 saturated heterocycles. The lowest BCUT2D eigenvalue weighted by Crippen LogP contribution is -2.44. The third-order valence-electron chi connectivity index (χ3n) is 4.48. The van der Waals surface area contributed by atoms with Gasteiger partial charge in [-0.1, -0.05) is 12.1 Å². The number of hydrogen-bond acceptors (Lipinski definition) is 6. The number of aromatic nitrogens is 2. The predicted octanol–water partition coefficient (Wildman–Crippen LogP) is 1.43. The first-order valence-electron chi connectivity index (χ1n) is 7.51. The minimum atomic E-state index is -0.424. The Morgan fingerprint density at radius 3 is 2.75 bits per heavy atom. The molecule has 2 aliphatic rings. The zero-order valence-electron chi connectivity index (χ0n) is 12.2. The monoisotopic (exact) mass is 281 g/mol. The van der Waals surface area contributed by atoms with Gasteiger partial charge in [-0.3, -0.25) is 0 Å². The SMILES string of the molecule is CCOC1(c2noc(C(C)C3CNC3)n2)CCOCC1. The van der Waals surface area contributed by atoms with Gasteiger partial charge >= 0.3 is 0 Å². The van der Waals surface area contributed by atoms with E-state index in [1.54, 1.807) is 0 Å². The highest BCUT2D eigenvalue weighted by molar-refractivity contribution is 5.06. The van der Waals surface area contributed by atoms with Gasteiger partial charge in [0.15, 0.2) is 0 Å². The standard InChI is InChI=1S/C14H23N3O3/c1-3-19-14(4-6-18-7-5-14)13-16-12(20-17-13)10(2)11-8-15-9-11/h10-11,15H,3-9H2,1-2H3. The molecule has 0 amide bonds. The summed E-state index contributed by atoms with van der Waals surface area (Å²) in [5.41, 5.74) is -0.424. The van der Waals surface area contributed by atoms with Crippen LogP contribution in [-0.2, 0) is 15.1 Å². The van der Waals surface area contributed by atoms with Gasteiger partial charge in [-0.05, 0) is 25.9 Å². The molecule has 0 spiro atoms. The van der Waals surface area contributed by atoms with Gasteiger partial charge in [0.2, 0.25) is 11.7 Å². The van der Waals surface area contributed by atoms with Crippen LogP contribution in [0.15, 0.2) is 4.52 Å². The average Bonchev–Trinajstić information content (AvgIpc) is 2.88. The second kappa shape index (κ2) is 5.79. The topological polar surface area (TPSA) is 69.4 Å². The van der Waals surface area contributed by atoms with E-state index in [0.717, 1.165) is 31.8 Å². The van der Waals surface area contributed by atoms with E-state index in [1.807, 2.05) is 6.92 Å². The van der Waals surface area contributed by atoms with E-state index in [-0.39, 0.29) is 0 Å². The summed E-state index contributed by atoms with van der Waals surface area (Å²) in [7, 11) is 0. The van der Waals surface area contributed by atoms with Crippen LogP contribution in [0, 0.1) is 5.92 Å². The molecule has 2 fully saturated rings. The third kappa shape index (κ3) is 2.47. The lowest BCUT2D eigenvalue weighted by molar-refractivity contribution is -0.118. The summed E-state index contributed by atoms with van der Waals surface area (Å²) >= 11 is 0. The van der Waals surface area contributed by atoms with Gasteiger partial charge in [0.25, 0.3) is 0 Å². The van der Waals surface area contributed by atoms with Crippen molar-refractivity contribution < 1.29 is 14.0 Å². The van der Waals surface area contributed by atoms with Crippen LogP contribution in [0.3, 0.4) is 0 Å². The van der Waals surface area contributed by atoms with Crippen molar-refractivity contribution in [2.24, 2.45) is 5.92 Å². The predicted molar refractivity (Wildman–Crippen MR) is 72.4 cm³/mol. The largest absolute Gasteiger partial charge is 0.381 e. The van der Waals surface area contributed by atoms with Gasteiger partial charge in [0, 0.05) is 38.6 Å². The molecule has 1 unspecified atom stereocenters. The zero-order valence-corrected chi connectivity index (χ0v) is 12.2. The first kappa shape index (κ1) is 14.0. The third-order valence-corrected chi connectivity index (χ3v) is 4.48. The molecular formula is C14H23N3O3. The lowest BCUT2D eigenvalue weighted by atomic mass is 9.88. The van der Waals surface area contributed by atoms with Gasteiger partial charge in [-0.25, -0.2) is 0 Å². The molecular weight excluding hydrogens is 258 g/mol. The van der Waals surface area contributed by atoms with Gasteiger partial charge in [-0.2, -0.15) is 4.98 Å². The van der Waals surface area contributed by atoms with Crippen molar-refractivity contribution in [1.82, 2.24) is 15.5 Å². The van der Waals surface area contributed by atoms with Crippen LogP contribution in [0.4, 0.5) is 0 Å². The van der Waals surface area contributed by atoms with Crippen molar-refractivity contribution in [3.05, 3.63) is 11.7 Å². The maximum atomic E-state index is 5.97. The molecule has 0 bridgehead atoms. The molecule has 20 heavy (non-hydrogen) atoms. The van der Waals surface area contributed by atoms with Crippen molar-refractivity contribution in [1.29, 1.82) is 0 Å². The van der Waals surface area contributed by atoms with Crippen LogP contribution in [0.2, 0.25) is 0 Å². The fourth-order valence-electron chi connectivity index (χ4n) is 2.88. The zero-order chi connectivity index (χ0) is 14.0. The molecule has 0 aliphatic carbocycles. The summed E-state index contributed by atoms with van der Waals surface area (Å²) < 4.78 is 16.9. The molecule has 112 valence electrons. The van der Waals surface area contributed by atoms with Gasteiger partial charge in [0.1, 0.15) is 5.60 Å². The molecule has 3 rings (SSSR count). The molecule has 3 heterocycles. The summed E-state index contributed by atoms with van der Waals surface area (Å²) in [6.45, 7) is 8.23. The minimum Gasteiger partial charge on any atom is -0.381 e. The van der Waals surface area contributed by atoms with E-state index in [0.29, 0.717) is 37.5 Å². The highest BCUT2D eigenvalue weighted by Gasteiger charge is 2.40. The highest BCUT2D eigenvalue weighted by Crippen LogP contribution is 2.35. The van der Waals surface area contributed by atoms with Gasteiger partial charge in [0.05, 0.1) is 0 Å². The molecule has 6 nitrogen and oxygen atoms in total. The van der Waals surface area contributed by atoms with Gasteiger partial charge in [-0.15, -0.1) is 0 Å². The number of nitrogens with one attached hydrogen (secondary N) is 1. The van der Waals surface area contributed by atoms with E-state index >= 15 is 0 Å². The van der Waals surface area contributed by atoms with Crippen molar-refractivity contribution in [2.45, 2.75) is 38.2 Å². The Bertz CT molecular complexity index is 433. The summed E-state index contributed by atoms with van der Waals surface area (Å²) in [5.74, 6) is 2.32. The first-order valence-corrected chi connectivity index (χ1v) is 7.51. The molecule has 1 aromatic heterocycles. The molecule has 0 aromatic carbocycles. The Balaban J connectivity index is 1.79. The maximum absolute atomic E-state index is 5.97. The quantitative estimate of drug-likeness (QED) is 0.880. The van der Waals surface area contributed by atoms with Crippen molar-refractivity contribution in [2.75, 3.05) is 32.9 Å². The molecule has 1 aromatic rings.